The van der Waals surface area contributed by atoms with Crippen molar-refractivity contribution in [3.05, 3.63) is 36.5 Å². The highest BCUT2D eigenvalue weighted by atomic mass is 16.6. The summed E-state index contributed by atoms with van der Waals surface area (Å²) in [5.74, 6) is -0.879. The Balaban J connectivity index is 4.25. The minimum atomic E-state index is -0.769. The highest BCUT2D eigenvalue weighted by molar-refractivity contribution is 5.71. The van der Waals surface area contributed by atoms with Gasteiger partial charge in [0, 0.05) is 19.3 Å². The summed E-state index contributed by atoms with van der Waals surface area (Å²) in [5, 5.41) is 0. The van der Waals surface area contributed by atoms with E-state index in [4.69, 9.17) is 14.2 Å². The van der Waals surface area contributed by atoms with Gasteiger partial charge < -0.3 is 14.2 Å². The Kier molecular flexibility index (Phi) is 45.4. The van der Waals surface area contributed by atoms with Crippen LogP contribution in [0.1, 0.15) is 258 Å². The first-order chi connectivity index (χ1) is 28.5. The zero-order chi connectivity index (χ0) is 42.3. The Hall–Kier alpha value is -2.37. The number of rotatable bonds is 45. The van der Waals surface area contributed by atoms with Gasteiger partial charge in [-0.3, -0.25) is 14.4 Å². The number of hydrogen-bond donors (Lipinski definition) is 0. The highest BCUT2D eigenvalue weighted by Gasteiger charge is 2.19. The third-order valence-electron chi connectivity index (χ3n) is 10.9. The second-order valence-electron chi connectivity index (χ2n) is 16.7. The van der Waals surface area contributed by atoms with Crippen LogP contribution in [0, 0.1) is 0 Å². The molecule has 0 spiro atoms. The second kappa shape index (κ2) is 47.3. The molecule has 0 amide bonds. The predicted octanol–water partition coefficient (Wildman–Crippen LogP) is 16.1. The molecule has 1 atom stereocenters. The van der Waals surface area contributed by atoms with E-state index in [1.165, 1.54) is 135 Å². The van der Waals surface area contributed by atoms with E-state index in [0.717, 1.165) is 83.5 Å². The molecule has 0 fully saturated rings. The van der Waals surface area contributed by atoms with Crippen molar-refractivity contribution < 1.29 is 28.6 Å². The molecule has 0 rings (SSSR count). The van der Waals surface area contributed by atoms with Gasteiger partial charge in [-0.25, -0.2) is 0 Å². The van der Waals surface area contributed by atoms with Crippen LogP contribution >= 0.6 is 0 Å². The third kappa shape index (κ3) is 44.7. The predicted molar refractivity (Wildman–Crippen MR) is 247 cm³/mol. The monoisotopic (exact) mass is 815 g/mol. The number of esters is 3. The van der Waals surface area contributed by atoms with Crippen LogP contribution < -0.4 is 0 Å². The van der Waals surface area contributed by atoms with Gasteiger partial charge >= 0.3 is 17.9 Å². The summed E-state index contributed by atoms with van der Waals surface area (Å²) >= 11 is 0. The summed E-state index contributed by atoms with van der Waals surface area (Å²) < 4.78 is 16.7. The topological polar surface area (TPSA) is 78.9 Å². The van der Waals surface area contributed by atoms with Crippen molar-refractivity contribution in [3.63, 3.8) is 0 Å². The van der Waals surface area contributed by atoms with Gasteiger partial charge in [-0.05, 0) is 51.4 Å². The van der Waals surface area contributed by atoms with E-state index in [-0.39, 0.29) is 31.1 Å². The molecule has 0 heterocycles. The van der Waals surface area contributed by atoms with Crippen molar-refractivity contribution in [1.29, 1.82) is 0 Å². The van der Waals surface area contributed by atoms with Gasteiger partial charge in [-0.15, -0.1) is 0 Å². The van der Waals surface area contributed by atoms with Crippen molar-refractivity contribution in [3.8, 4) is 0 Å². The zero-order valence-electron chi connectivity index (χ0n) is 38.6. The number of ether oxygens (including phenoxy) is 3. The largest absolute Gasteiger partial charge is 0.462 e. The molecule has 0 aromatic heterocycles. The van der Waals surface area contributed by atoms with E-state index in [1.807, 2.05) is 0 Å². The molecule has 0 aliphatic heterocycles. The lowest BCUT2D eigenvalue weighted by molar-refractivity contribution is -0.167. The molecule has 0 aromatic rings. The minimum absolute atomic E-state index is 0.0723. The van der Waals surface area contributed by atoms with Crippen LogP contribution in [0.3, 0.4) is 0 Å². The Morgan fingerprint density at radius 3 is 1.05 bits per heavy atom. The van der Waals surface area contributed by atoms with Crippen LogP contribution in [0.4, 0.5) is 0 Å². The standard InChI is InChI=1S/C52H94O6/c1-4-7-10-13-16-18-20-22-24-26-28-29-31-33-36-39-42-45-51(54)57-48-49(47-56-50(53)44-41-38-35-15-12-9-6-3)58-52(55)46-43-40-37-34-32-30-27-25-23-21-19-17-14-11-8-5-2/h7,10,16,18,22,24,49H,4-6,8-9,11-15,17,19-21,23,25-48H2,1-3H3/b10-7-,18-16-,24-22-. The first-order valence-electron chi connectivity index (χ1n) is 25.0. The smallest absolute Gasteiger partial charge is 0.306 e. The quantitative estimate of drug-likeness (QED) is 0.0264. The molecule has 6 heteroatoms. The van der Waals surface area contributed by atoms with E-state index >= 15 is 0 Å². The number of unbranched alkanes of at least 4 members (excludes halogenated alkanes) is 28. The van der Waals surface area contributed by atoms with Crippen molar-refractivity contribution in [1.82, 2.24) is 0 Å². The van der Waals surface area contributed by atoms with Gasteiger partial charge in [-0.2, -0.15) is 0 Å². The number of carbonyl (C=O) groups is 3. The van der Waals surface area contributed by atoms with Crippen LogP contribution in [0.15, 0.2) is 36.5 Å². The summed E-state index contributed by atoms with van der Waals surface area (Å²) in [4.78, 5) is 37.7. The SMILES string of the molecule is CC/C=C\C/C=C\C/C=C\CCCCCCCCCC(=O)OCC(COC(=O)CCCCCCCCC)OC(=O)CCCCCCCCCCCCCCCCCC. The molecular weight excluding hydrogens is 721 g/mol. The zero-order valence-corrected chi connectivity index (χ0v) is 38.6. The van der Waals surface area contributed by atoms with Crippen molar-refractivity contribution in [2.45, 2.75) is 264 Å². The first kappa shape index (κ1) is 55.6. The van der Waals surface area contributed by atoms with Crippen molar-refractivity contribution in [2.75, 3.05) is 13.2 Å². The summed E-state index contributed by atoms with van der Waals surface area (Å²) in [6.45, 7) is 6.50. The van der Waals surface area contributed by atoms with E-state index in [1.54, 1.807) is 0 Å². The van der Waals surface area contributed by atoms with E-state index in [9.17, 15) is 14.4 Å². The average molecular weight is 815 g/mol. The van der Waals surface area contributed by atoms with Crippen LogP contribution in [0.5, 0.6) is 0 Å². The molecule has 0 radical (unpaired) electrons. The Bertz CT molecular complexity index is 984. The Morgan fingerprint density at radius 2 is 0.672 bits per heavy atom. The van der Waals surface area contributed by atoms with Crippen molar-refractivity contribution >= 4 is 17.9 Å². The molecular formula is C52H94O6. The summed E-state index contributed by atoms with van der Waals surface area (Å²) in [5.41, 5.74) is 0. The summed E-state index contributed by atoms with van der Waals surface area (Å²) in [6.07, 6.45) is 54.3. The van der Waals surface area contributed by atoms with Gasteiger partial charge in [0.15, 0.2) is 6.10 Å². The highest BCUT2D eigenvalue weighted by Crippen LogP contribution is 2.16. The minimum Gasteiger partial charge on any atom is -0.462 e. The van der Waals surface area contributed by atoms with Crippen LogP contribution in [-0.2, 0) is 28.6 Å². The van der Waals surface area contributed by atoms with Gasteiger partial charge in [0.25, 0.3) is 0 Å². The van der Waals surface area contributed by atoms with Crippen LogP contribution in [0.2, 0.25) is 0 Å². The lowest BCUT2D eigenvalue weighted by atomic mass is 10.0. The molecule has 0 aliphatic carbocycles. The third-order valence-corrected chi connectivity index (χ3v) is 10.9. The lowest BCUT2D eigenvalue weighted by Crippen LogP contribution is -2.30. The van der Waals surface area contributed by atoms with E-state index < -0.39 is 6.10 Å². The fraction of sp³-hybridized carbons (Fsp3) is 0.827. The first-order valence-corrected chi connectivity index (χ1v) is 25.0. The second-order valence-corrected chi connectivity index (χ2v) is 16.7. The molecule has 0 saturated heterocycles. The van der Waals surface area contributed by atoms with E-state index in [0.29, 0.717) is 19.3 Å². The Labute approximate surface area is 359 Å². The Morgan fingerprint density at radius 1 is 0.362 bits per heavy atom. The van der Waals surface area contributed by atoms with Crippen molar-refractivity contribution in [2.24, 2.45) is 0 Å². The molecule has 338 valence electrons. The maximum atomic E-state index is 12.7. The van der Waals surface area contributed by atoms with Crippen LogP contribution in [0.25, 0.3) is 0 Å². The molecule has 58 heavy (non-hydrogen) atoms. The summed E-state index contributed by atoms with van der Waals surface area (Å²) in [7, 11) is 0. The molecule has 0 aromatic carbocycles. The van der Waals surface area contributed by atoms with Gasteiger partial charge in [-0.1, -0.05) is 224 Å². The molecule has 6 nitrogen and oxygen atoms in total. The normalized spacial score (nSPS) is 12.3. The molecule has 0 bridgehead atoms. The fourth-order valence-electron chi connectivity index (χ4n) is 7.16. The maximum Gasteiger partial charge on any atom is 0.306 e. The molecule has 0 N–H and O–H groups in total. The molecule has 0 aliphatic rings. The van der Waals surface area contributed by atoms with Gasteiger partial charge in [0.2, 0.25) is 0 Å². The summed E-state index contributed by atoms with van der Waals surface area (Å²) in [6, 6.07) is 0. The average Bonchev–Trinajstić information content (AvgIpc) is 3.22. The lowest BCUT2D eigenvalue weighted by Gasteiger charge is -2.18. The number of carbonyl (C=O) groups excluding carboxylic acids is 3. The number of hydrogen-bond acceptors (Lipinski definition) is 6. The maximum absolute atomic E-state index is 12.7. The van der Waals surface area contributed by atoms with Gasteiger partial charge in [0.1, 0.15) is 13.2 Å². The van der Waals surface area contributed by atoms with Gasteiger partial charge in [0.05, 0.1) is 0 Å². The van der Waals surface area contributed by atoms with Crippen LogP contribution in [-0.4, -0.2) is 37.2 Å². The molecule has 1 unspecified atom stereocenters. The fourth-order valence-corrected chi connectivity index (χ4v) is 7.16. The molecule has 0 saturated carbocycles. The van der Waals surface area contributed by atoms with E-state index in [2.05, 4.69) is 57.2 Å². The number of allylic oxidation sites excluding steroid dienone is 6.